The minimum Gasteiger partial charge on any atom is -0.441 e. The third-order valence-electron chi connectivity index (χ3n) is 2.11. The van der Waals surface area contributed by atoms with Crippen molar-refractivity contribution < 1.29 is 12.8 Å². The summed E-state index contributed by atoms with van der Waals surface area (Å²) < 4.78 is 31.1. The number of aromatic nitrogens is 1. The van der Waals surface area contributed by atoms with E-state index in [-0.39, 0.29) is 4.90 Å². The average molecular weight is 240 g/mol. The maximum Gasteiger partial charge on any atom is 0.240 e. The van der Waals surface area contributed by atoms with Gasteiger partial charge in [0.25, 0.3) is 0 Å². The fourth-order valence-electron chi connectivity index (χ4n) is 1.46. The van der Waals surface area contributed by atoms with Crippen LogP contribution in [0.2, 0.25) is 0 Å². The van der Waals surface area contributed by atoms with Gasteiger partial charge in [-0.2, -0.15) is 0 Å². The minimum atomic E-state index is -3.43. The van der Waals surface area contributed by atoms with Crippen LogP contribution in [0.25, 0.3) is 11.1 Å². The lowest BCUT2D eigenvalue weighted by Crippen LogP contribution is -2.22. The monoisotopic (exact) mass is 240 g/mol. The summed E-state index contributed by atoms with van der Waals surface area (Å²) in [5, 5.41) is 0. The fraction of sp³-hybridized carbons (Fsp3) is 0.300. The second kappa shape index (κ2) is 3.88. The van der Waals surface area contributed by atoms with Gasteiger partial charge in [-0.1, -0.05) is 6.92 Å². The van der Waals surface area contributed by atoms with E-state index in [1.54, 1.807) is 19.9 Å². The van der Waals surface area contributed by atoms with E-state index in [0.29, 0.717) is 23.5 Å². The zero-order valence-electron chi connectivity index (χ0n) is 9.02. The molecule has 0 saturated heterocycles. The average Bonchev–Trinajstić information content (AvgIpc) is 2.56. The molecule has 0 bridgehead atoms. The number of nitrogens with one attached hydrogen (secondary N) is 1. The van der Waals surface area contributed by atoms with Gasteiger partial charge in [-0.3, -0.25) is 0 Å². The first kappa shape index (κ1) is 11.1. The molecule has 0 atom stereocenters. The highest BCUT2D eigenvalue weighted by atomic mass is 32.2. The van der Waals surface area contributed by atoms with Crippen LogP contribution in [0.4, 0.5) is 0 Å². The van der Waals surface area contributed by atoms with Gasteiger partial charge in [-0.25, -0.2) is 18.1 Å². The first-order valence-corrected chi connectivity index (χ1v) is 6.38. The highest BCUT2D eigenvalue weighted by Gasteiger charge is 2.14. The molecule has 1 aromatic carbocycles. The van der Waals surface area contributed by atoms with E-state index < -0.39 is 10.0 Å². The van der Waals surface area contributed by atoms with Gasteiger partial charge in [0.2, 0.25) is 10.0 Å². The summed E-state index contributed by atoms with van der Waals surface area (Å²) in [5.41, 5.74) is 1.14. The Morgan fingerprint density at radius 2 is 2.19 bits per heavy atom. The zero-order chi connectivity index (χ0) is 11.8. The predicted octanol–water partition coefficient (Wildman–Crippen LogP) is 1.43. The standard InChI is InChI=1S/C10H12N2O3S/c1-3-11-16(13,14)8-4-5-9-10(6-8)15-7(2)12-9/h4-6,11H,3H2,1-2H3. The van der Waals surface area contributed by atoms with E-state index in [0.717, 1.165) is 0 Å². The molecule has 0 radical (unpaired) electrons. The van der Waals surface area contributed by atoms with E-state index >= 15 is 0 Å². The molecule has 0 amide bonds. The summed E-state index contributed by atoms with van der Waals surface area (Å²) in [6.45, 7) is 3.81. The summed E-state index contributed by atoms with van der Waals surface area (Å²) in [7, 11) is -3.43. The molecule has 0 aliphatic carbocycles. The number of benzene rings is 1. The zero-order valence-corrected chi connectivity index (χ0v) is 9.84. The molecule has 86 valence electrons. The van der Waals surface area contributed by atoms with Crippen molar-refractivity contribution in [2.45, 2.75) is 18.7 Å². The van der Waals surface area contributed by atoms with E-state index in [2.05, 4.69) is 9.71 Å². The van der Waals surface area contributed by atoms with Crippen LogP contribution in [0.1, 0.15) is 12.8 Å². The van der Waals surface area contributed by atoms with Gasteiger partial charge < -0.3 is 4.42 Å². The first-order chi connectivity index (χ1) is 7.53. The largest absolute Gasteiger partial charge is 0.441 e. The molecule has 1 N–H and O–H groups in total. The Hall–Kier alpha value is -1.40. The molecule has 0 aliphatic rings. The SMILES string of the molecule is CCNS(=O)(=O)c1ccc2nc(C)oc2c1. The Morgan fingerprint density at radius 1 is 1.44 bits per heavy atom. The van der Waals surface area contributed by atoms with Gasteiger partial charge in [-0.05, 0) is 12.1 Å². The molecule has 0 unspecified atom stereocenters. The molecule has 6 heteroatoms. The molecule has 2 rings (SSSR count). The topological polar surface area (TPSA) is 72.2 Å². The Kier molecular flexibility index (Phi) is 2.69. The Balaban J connectivity index is 2.54. The van der Waals surface area contributed by atoms with Gasteiger partial charge in [0.05, 0.1) is 4.90 Å². The van der Waals surface area contributed by atoms with Gasteiger partial charge in [0.1, 0.15) is 5.52 Å². The van der Waals surface area contributed by atoms with Crippen LogP contribution < -0.4 is 4.72 Å². The molecule has 0 spiro atoms. The molecule has 0 aliphatic heterocycles. The van der Waals surface area contributed by atoms with Gasteiger partial charge in [0, 0.05) is 19.5 Å². The van der Waals surface area contributed by atoms with Crippen LogP contribution in [0.3, 0.4) is 0 Å². The quantitative estimate of drug-likeness (QED) is 0.881. The highest BCUT2D eigenvalue weighted by molar-refractivity contribution is 7.89. The Labute approximate surface area is 93.5 Å². The van der Waals surface area contributed by atoms with Crippen LogP contribution in [0, 0.1) is 6.92 Å². The minimum absolute atomic E-state index is 0.193. The third-order valence-corrected chi connectivity index (χ3v) is 3.65. The van der Waals surface area contributed by atoms with Crippen molar-refractivity contribution in [1.29, 1.82) is 0 Å². The number of hydrogen-bond acceptors (Lipinski definition) is 4. The number of oxazole rings is 1. The molecule has 1 heterocycles. The lowest BCUT2D eigenvalue weighted by Gasteiger charge is -2.03. The molecular formula is C10H12N2O3S. The molecule has 16 heavy (non-hydrogen) atoms. The Morgan fingerprint density at radius 3 is 2.88 bits per heavy atom. The third kappa shape index (κ3) is 1.94. The molecule has 0 saturated carbocycles. The summed E-state index contributed by atoms with van der Waals surface area (Å²) in [5.74, 6) is 0.521. The van der Waals surface area contributed by atoms with Gasteiger partial charge in [0.15, 0.2) is 11.5 Å². The van der Waals surface area contributed by atoms with Crippen LogP contribution >= 0.6 is 0 Å². The van der Waals surface area contributed by atoms with Crippen molar-refractivity contribution >= 4 is 21.1 Å². The molecule has 0 fully saturated rings. The number of fused-ring (bicyclic) bond motifs is 1. The van der Waals surface area contributed by atoms with Crippen LogP contribution in [0.5, 0.6) is 0 Å². The molecule has 2 aromatic rings. The number of hydrogen-bond donors (Lipinski definition) is 1. The number of rotatable bonds is 3. The van der Waals surface area contributed by atoms with Crippen LogP contribution in [-0.4, -0.2) is 19.9 Å². The summed E-state index contributed by atoms with van der Waals surface area (Å²) in [6, 6.07) is 4.63. The number of sulfonamides is 1. The molecular weight excluding hydrogens is 228 g/mol. The lowest BCUT2D eigenvalue weighted by molar-refractivity contribution is 0.559. The summed E-state index contributed by atoms with van der Waals surface area (Å²) in [6.07, 6.45) is 0. The van der Waals surface area contributed by atoms with Crippen molar-refractivity contribution in [3.8, 4) is 0 Å². The first-order valence-electron chi connectivity index (χ1n) is 4.90. The maximum absolute atomic E-state index is 11.7. The van der Waals surface area contributed by atoms with Crippen molar-refractivity contribution in [3.05, 3.63) is 24.1 Å². The molecule has 5 nitrogen and oxygen atoms in total. The van der Waals surface area contributed by atoms with Crippen LogP contribution in [0.15, 0.2) is 27.5 Å². The highest BCUT2D eigenvalue weighted by Crippen LogP contribution is 2.19. The second-order valence-electron chi connectivity index (χ2n) is 3.36. The van der Waals surface area contributed by atoms with Crippen molar-refractivity contribution in [1.82, 2.24) is 9.71 Å². The smallest absolute Gasteiger partial charge is 0.240 e. The number of nitrogens with zero attached hydrogens (tertiary/aromatic N) is 1. The lowest BCUT2D eigenvalue weighted by atomic mass is 10.3. The Bertz CT molecular complexity index is 616. The van der Waals surface area contributed by atoms with E-state index in [4.69, 9.17) is 4.42 Å². The van der Waals surface area contributed by atoms with Gasteiger partial charge in [-0.15, -0.1) is 0 Å². The fourth-order valence-corrected chi connectivity index (χ4v) is 2.52. The number of aryl methyl sites for hydroxylation is 1. The van der Waals surface area contributed by atoms with Crippen molar-refractivity contribution in [2.24, 2.45) is 0 Å². The summed E-state index contributed by atoms with van der Waals surface area (Å²) >= 11 is 0. The van der Waals surface area contributed by atoms with Crippen molar-refractivity contribution in [2.75, 3.05) is 6.54 Å². The van der Waals surface area contributed by atoms with E-state index in [9.17, 15) is 8.42 Å². The summed E-state index contributed by atoms with van der Waals surface area (Å²) in [4.78, 5) is 4.29. The normalized spacial score (nSPS) is 12.1. The van der Waals surface area contributed by atoms with E-state index in [1.165, 1.54) is 12.1 Å². The molecule has 1 aromatic heterocycles. The van der Waals surface area contributed by atoms with Crippen LogP contribution in [-0.2, 0) is 10.0 Å². The second-order valence-corrected chi connectivity index (χ2v) is 5.13. The van der Waals surface area contributed by atoms with Gasteiger partial charge >= 0.3 is 0 Å². The van der Waals surface area contributed by atoms with Crippen molar-refractivity contribution in [3.63, 3.8) is 0 Å². The predicted molar refractivity (Wildman–Crippen MR) is 59.6 cm³/mol. The maximum atomic E-state index is 11.7. The van der Waals surface area contributed by atoms with E-state index in [1.807, 2.05) is 0 Å².